The Kier molecular flexibility index (Phi) is 5.00. The van der Waals surface area contributed by atoms with Crippen molar-refractivity contribution < 1.29 is 22.7 Å². The third-order valence-electron chi connectivity index (χ3n) is 3.44. The number of benzene rings is 1. The molecule has 1 aromatic carbocycles. The first-order valence-electron chi connectivity index (χ1n) is 6.37. The van der Waals surface area contributed by atoms with Crippen molar-refractivity contribution in [1.82, 2.24) is 4.90 Å². The molecule has 21 heavy (non-hydrogen) atoms. The Morgan fingerprint density at radius 1 is 1.48 bits per heavy atom. The van der Waals surface area contributed by atoms with Gasteiger partial charge in [-0.05, 0) is 23.8 Å². The maximum absolute atomic E-state index is 13.3. The van der Waals surface area contributed by atoms with E-state index in [1.807, 2.05) is 0 Å². The van der Waals surface area contributed by atoms with Crippen LogP contribution in [0, 0.1) is 5.82 Å². The van der Waals surface area contributed by atoms with Crippen molar-refractivity contribution >= 4 is 31.7 Å². The van der Waals surface area contributed by atoms with Crippen LogP contribution in [0.2, 0.25) is 0 Å². The highest BCUT2D eigenvalue weighted by Crippen LogP contribution is 2.23. The minimum absolute atomic E-state index is 0.00391. The van der Waals surface area contributed by atoms with Gasteiger partial charge in [-0.3, -0.25) is 9.69 Å². The van der Waals surface area contributed by atoms with Gasteiger partial charge in [0.1, 0.15) is 5.82 Å². The number of nitrogens with zero attached hydrogens (tertiary/aromatic N) is 1. The lowest BCUT2D eigenvalue weighted by Crippen LogP contribution is -2.48. The normalized spacial score (nSPS) is 22.1. The van der Waals surface area contributed by atoms with Gasteiger partial charge in [0.05, 0.1) is 17.9 Å². The number of hydrogen-bond acceptors (Lipinski definition) is 4. The van der Waals surface area contributed by atoms with Crippen LogP contribution in [0.5, 0.6) is 0 Å². The number of carboxylic acids is 1. The predicted octanol–water partition coefficient (Wildman–Crippen LogP) is 1.66. The maximum Gasteiger partial charge on any atom is 0.304 e. The van der Waals surface area contributed by atoms with Gasteiger partial charge in [0.15, 0.2) is 9.84 Å². The fourth-order valence-corrected chi connectivity index (χ4v) is 4.37. The van der Waals surface area contributed by atoms with Crippen LogP contribution in [0.4, 0.5) is 4.39 Å². The summed E-state index contributed by atoms with van der Waals surface area (Å²) in [6.45, 7) is 0.565. The number of aliphatic carboxylic acids is 1. The molecule has 1 heterocycles. The Bertz CT molecular complexity index is 650. The highest BCUT2D eigenvalue weighted by molar-refractivity contribution is 9.10. The molecule has 0 aliphatic carbocycles. The van der Waals surface area contributed by atoms with Crippen molar-refractivity contribution in [2.24, 2.45) is 0 Å². The fourth-order valence-electron chi connectivity index (χ4n) is 2.40. The third kappa shape index (κ3) is 4.49. The Hall–Kier alpha value is -0.990. The van der Waals surface area contributed by atoms with Crippen LogP contribution in [0.25, 0.3) is 0 Å². The van der Waals surface area contributed by atoms with E-state index >= 15 is 0 Å². The molecule has 1 fully saturated rings. The van der Waals surface area contributed by atoms with Crippen molar-refractivity contribution in [2.45, 2.75) is 19.0 Å². The predicted molar refractivity (Wildman–Crippen MR) is 79.2 cm³/mol. The zero-order valence-electron chi connectivity index (χ0n) is 11.1. The molecule has 1 unspecified atom stereocenters. The summed E-state index contributed by atoms with van der Waals surface area (Å²) in [5.41, 5.74) is 0.671. The Labute approximate surface area is 130 Å². The van der Waals surface area contributed by atoms with Gasteiger partial charge in [-0.15, -0.1) is 0 Å². The third-order valence-corrected chi connectivity index (χ3v) is 5.91. The van der Waals surface area contributed by atoms with Crippen molar-refractivity contribution in [3.05, 3.63) is 34.1 Å². The molecule has 0 radical (unpaired) electrons. The summed E-state index contributed by atoms with van der Waals surface area (Å²) in [5.74, 6) is -1.60. The topological polar surface area (TPSA) is 74.7 Å². The molecule has 0 aromatic heterocycles. The molecule has 116 valence electrons. The second kappa shape index (κ2) is 6.41. The van der Waals surface area contributed by atoms with E-state index < -0.39 is 21.8 Å². The molecule has 0 bridgehead atoms. The summed E-state index contributed by atoms with van der Waals surface area (Å²) < 4.78 is 37.4. The molecule has 1 atom stereocenters. The second-order valence-electron chi connectivity index (χ2n) is 5.07. The van der Waals surface area contributed by atoms with Gasteiger partial charge in [0.25, 0.3) is 0 Å². The van der Waals surface area contributed by atoms with E-state index in [1.54, 1.807) is 11.0 Å². The maximum atomic E-state index is 13.3. The standard InChI is InChI=1S/C13H15BrFNO4S/c14-12-2-1-10(15)5-9(12)7-16-3-4-21(19,20)8-11(16)6-13(17)18/h1-2,5,11H,3-4,6-8H2,(H,17,18). The SMILES string of the molecule is O=C(O)CC1CS(=O)(=O)CCN1Cc1cc(F)ccc1Br. The lowest BCUT2D eigenvalue weighted by atomic mass is 10.1. The molecular weight excluding hydrogens is 365 g/mol. The van der Waals surface area contributed by atoms with Crippen LogP contribution >= 0.6 is 15.9 Å². The number of sulfone groups is 1. The summed E-state index contributed by atoms with van der Waals surface area (Å²) in [6.07, 6.45) is -0.244. The largest absolute Gasteiger partial charge is 0.481 e. The zero-order chi connectivity index (χ0) is 15.6. The molecule has 5 nitrogen and oxygen atoms in total. The smallest absolute Gasteiger partial charge is 0.304 e. The first-order valence-corrected chi connectivity index (χ1v) is 8.98. The number of halogens is 2. The van der Waals surface area contributed by atoms with E-state index in [4.69, 9.17) is 5.11 Å². The fraction of sp³-hybridized carbons (Fsp3) is 0.462. The van der Waals surface area contributed by atoms with Crippen molar-refractivity contribution in [1.29, 1.82) is 0 Å². The molecule has 1 saturated heterocycles. The van der Waals surface area contributed by atoms with Crippen LogP contribution in [0.1, 0.15) is 12.0 Å². The minimum Gasteiger partial charge on any atom is -0.481 e. The van der Waals surface area contributed by atoms with Gasteiger partial charge in [0.2, 0.25) is 0 Å². The summed E-state index contributed by atoms with van der Waals surface area (Å²) in [5, 5.41) is 8.93. The van der Waals surface area contributed by atoms with Gasteiger partial charge in [-0.1, -0.05) is 15.9 Å². The van der Waals surface area contributed by atoms with E-state index in [0.717, 1.165) is 0 Å². The van der Waals surface area contributed by atoms with Crippen LogP contribution in [0.15, 0.2) is 22.7 Å². The number of carbonyl (C=O) groups is 1. The Balaban J connectivity index is 2.20. The molecule has 1 aromatic rings. The summed E-state index contributed by atoms with van der Waals surface area (Å²) in [7, 11) is -3.21. The van der Waals surface area contributed by atoms with Crippen molar-refractivity contribution in [3.63, 3.8) is 0 Å². The first kappa shape index (κ1) is 16.4. The van der Waals surface area contributed by atoms with E-state index in [0.29, 0.717) is 16.6 Å². The zero-order valence-corrected chi connectivity index (χ0v) is 13.5. The van der Waals surface area contributed by atoms with Gasteiger partial charge in [0, 0.05) is 23.6 Å². The summed E-state index contributed by atoms with van der Waals surface area (Å²) >= 11 is 3.32. The molecule has 2 rings (SSSR count). The monoisotopic (exact) mass is 379 g/mol. The van der Waals surface area contributed by atoms with Crippen molar-refractivity contribution in [2.75, 3.05) is 18.1 Å². The van der Waals surface area contributed by atoms with Gasteiger partial charge in [-0.25, -0.2) is 12.8 Å². The van der Waals surface area contributed by atoms with Gasteiger partial charge in [-0.2, -0.15) is 0 Å². The summed E-state index contributed by atoms with van der Waals surface area (Å²) in [4.78, 5) is 12.7. The van der Waals surface area contributed by atoms with Crippen LogP contribution in [0.3, 0.4) is 0 Å². The lowest BCUT2D eigenvalue weighted by molar-refractivity contribution is -0.138. The Morgan fingerprint density at radius 2 is 2.19 bits per heavy atom. The average molecular weight is 380 g/mol. The first-order chi connectivity index (χ1) is 9.77. The molecular formula is C13H15BrFNO4S. The van der Waals surface area contributed by atoms with Crippen LogP contribution in [-0.4, -0.2) is 48.5 Å². The quantitative estimate of drug-likeness (QED) is 0.860. The lowest BCUT2D eigenvalue weighted by Gasteiger charge is -2.34. The highest BCUT2D eigenvalue weighted by Gasteiger charge is 2.32. The molecule has 1 aliphatic rings. The number of carboxylic acid groups (broad SMARTS) is 1. The van der Waals surface area contributed by atoms with E-state index in [-0.39, 0.29) is 30.3 Å². The van der Waals surface area contributed by atoms with Crippen LogP contribution in [-0.2, 0) is 21.2 Å². The molecule has 1 aliphatic heterocycles. The summed E-state index contributed by atoms with van der Waals surface area (Å²) in [6, 6.07) is 3.68. The van der Waals surface area contributed by atoms with Crippen molar-refractivity contribution in [3.8, 4) is 0 Å². The van der Waals surface area contributed by atoms with E-state index in [2.05, 4.69) is 15.9 Å². The highest BCUT2D eigenvalue weighted by atomic mass is 79.9. The molecule has 0 amide bonds. The molecule has 0 spiro atoms. The van der Waals surface area contributed by atoms with E-state index in [9.17, 15) is 17.6 Å². The second-order valence-corrected chi connectivity index (χ2v) is 8.16. The van der Waals surface area contributed by atoms with Gasteiger partial charge >= 0.3 is 5.97 Å². The van der Waals surface area contributed by atoms with E-state index in [1.165, 1.54) is 12.1 Å². The van der Waals surface area contributed by atoms with Crippen LogP contribution < -0.4 is 0 Å². The minimum atomic E-state index is -3.21. The molecule has 1 N–H and O–H groups in total. The average Bonchev–Trinajstić information content (AvgIpc) is 2.35. The molecule has 0 saturated carbocycles. The Morgan fingerprint density at radius 3 is 2.86 bits per heavy atom. The number of hydrogen-bond donors (Lipinski definition) is 1. The number of rotatable bonds is 4. The molecule has 8 heteroatoms. The van der Waals surface area contributed by atoms with Gasteiger partial charge < -0.3 is 5.11 Å².